The minimum atomic E-state index is -0.0707. The second kappa shape index (κ2) is 6.40. The van der Waals surface area contributed by atoms with Gasteiger partial charge in [-0.1, -0.05) is 35.4 Å². The largest absolute Gasteiger partial charge is 0.377 e. The number of benzene rings is 1. The Morgan fingerprint density at radius 3 is 2.83 bits per heavy atom. The van der Waals surface area contributed by atoms with Gasteiger partial charge in [-0.05, 0) is 18.0 Å². The highest BCUT2D eigenvalue weighted by Crippen LogP contribution is 2.19. The van der Waals surface area contributed by atoms with Gasteiger partial charge in [-0.15, -0.1) is 0 Å². The van der Waals surface area contributed by atoms with Gasteiger partial charge in [0, 0.05) is 31.2 Å². The number of nitrogens with zero attached hydrogens (tertiary/aromatic N) is 4. The van der Waals surface area contributed by atoms with Crippen LogP contribution >= 0.6 is 0 Å². The van der Waals surface area contributed by atoms with Crippen molar-refractivity contribution in [3.63, 3.8) is 0 Å². The van der Waals surface area contributed by atoms with E-state index in [1.807, 2.05) is 25.1 Å². The molecule has 1 fully saturated rings. The standard InChI is InChI=1S/C13H18N4O/c1-2-18-13-10-17(9-12(13)15-16-14)8-11-6-4-3-5-7-11/h3-7,12-13H,2,8-10H2,1H3/t12-,13-/m1/s1. The van der Waals surface area contributed by atoms with Gasteiger partial charge in [0.2, 0.25) is 0 Å². The molecule has 1 aliphatic heterocycles. The van der Waals surface area contributed by atoms with E-state index in [0.29, 0.717) is 6.61 Å². The SMILES string of the molecule is CCO[C@@H]1CN(Cc2ccccc2)C[C@H]1N=[N+]=[N-]. The molecule has 0 unspecified atom stereocenters. The fourth-order valence-corrected chi connectivity index (χ4v) is 2.36. The second-order valence-electron chi connectivity index (χ2n) is 4.45. The second-order valence-corrected chi connectivity index (χ2v) is 4.45. The van der Waals surface area contributed by atoms with Crippen LogP contribution in [0.1, 0.15) is 12.5 Å². The molecule has 0 radical (unpaired) electrons. The van der Waals surface area contributed by atoms with Crippen LogP contribution in [0.3, 0.4) is 0 Å². The lowest BCUT2D eigenvalue weighted by Gasteiger charge is -2.15. The molecule has 5 nitrogen and oxygen atoms in total. The zero-order valence-electron chi connectivity index (χ0n) is 10.6. The summed E-state index contributed by atoms with van der Waals surface area (Å²) in [6.45, 7) is 5.09. The van der Waals surface area contributed by atoms with Crippen molar-refractivity contribution in [2.45, 2.75) is 25.6 Å². The lowest BCUT2D eigenvalue weighted by molar-refractivity contribution is 0.0599. The Balaban J connectivity index is 1.97. The van der Waals surface area contributed by atoms with E-state index in [0.717, 1.165) is 19.6 Å². The van der Waals surface area contributed by atoms with Crippen LogP contribution in [0.4, 0.5) is 0 Å². The van der Waals surface area contributed by atoms with E-state index in [1.54, 1.807) is 0 Å². The number of ether oxygens (including phenoxy) is 1. The van der Waals surface area contributed by atoms with Crippen LogP contribution in [0.5, 0.6) is 0 Å². The quantitative estimate of drug-likeness (QED) is 0.455. The van der Waals surface area contributed by atoms with E-state index >= 15 is 0 Å². The van der Waals surface area contributed by atoms with Crippen molar-refractivity contribution in [2.24, 2.45) is 5.11 Å². The zero-order valence-corrected chi connectivity index (χ0v) is 10.6. The first-order chi connectivity index (χ1) is 8.83. The van der Waals surface area contributed by atoms with Gasteiger partial charge >= 0.3 is 0 Å². The van der Waals surface area contributed by atoms with E-state index < -0.39 is 0 Å². The highest BCUT2D eigenvalue weighted by molar-refractivity contribution is 5.15. The molecule has 96 valence electrons. The summed E-state index contributed by atoms with van der Waals surface area (Å²) in [4.78, 5) is 5.18. The van der Waals surface area contributed by atoms with Crippen LogP contribution < -0.4 is 0 Å². The number of hydrogen-bond donors (Lipinski definition) is 0. The normalized spacial score (nSPS) is 23.8. The molecule has 0 spiro atoms. The van der Waals surface area contributed by atoms with Crippen molar-refractivity contribution >= 4 is 0 Å². The summed E-state index contributed by atoms with van der Waals surface area (Å²) >= 11 is 0. The van der Waals surface area contributed by atoms with Gasteiger partial charge < -0.3 is 4.74 Å². The third kappa shape index (κ3) is 3.23. The summed E-state index contributed by atoms with van der Waals surface area (Å²) in [5, 5.41) is 3.83. The van der Waals surface area contributed by atoms with E-state index in [1.165, 1.54) is 5.56 Å². The molecule has 0 N–H and O–H groups in total. The lowest BCUT2D eigenvalue weighted by Crippen LogP contribution is -2.25. The minimum Gasteiger partial charge on any atom is -0.377 e. The molecule has 1 aliphatic rings. The monoisotopic (exact) mass is 246 g/mol. The Morgan fingerprint density at radius 1 is 1.39 bits per heavy atom. The van der Waals surface area contributed by atoms with Crippen molar-refractivity contribution in [1.82, 2.24) is 4.90 Å². The molecule has 0 aliphatic carbocycles. The van der Waals surface area contributed by atoms with Gasteiger partial charge in [-0.25, -0.2) is 0 Å². The summed E-state index contributed by atoms with van der Waals surface area (Å²) in [5.41, 5.74) is 9.85. The molecule has 18 heavy (non-hydrogen) atoms. The van der Waals surface area contributed by atoms with Crippen molar-refractivity contribution in [1.29, 1.82) is 0 Å². The molecule has 2 atom stereocenters. The number of rotatable bonds is 5. The third-order valence-corrected chi connectivity index (χ3v) is 3.14. The highest BCUT2D eigenvalue weighted by Gasteiger charge is 2.32. The average Bonchev–Trinajstić information content (AvgIpc) is 2.74. The lowest BCUT2D eigenvalue weighted by atomic mass is 10.2. The molecule has 0 amide bonds. The Kier molecular flexibility index (Phi) is 4.59. The topological polar surface area (TPSA) is 61.2 Å². The predicted octanol–water partition coefficient (Wildman–Crippen LogP) is 2.59. The summed E-state index contributed by atoms with van der Waals surface area (Å²) in [6, 6.07) is 10.2. The number of hydrogen-bond acceptors (Lipinski definition) is 3. The van der Waals surface area contributed by atoms with E-state index in [4.69, 9.17) is 10.3 Å². The minimum absolute atomic E-state index is 0.0228. The third-order valence-electron chi connectivity index (χ3n) is 3.14. The van der Waals surface area contributed by atoms with Crippen LogP contribution in [-0.2, 0) is 11.3 Å². The summed E-state index contributed by atoms with van der Waals surface area (Å²) in [7, 11) is 0. The van der Waals surface area contributed by atoms with Gasteiger partial charge in [0.25, 0.3) is 0 Å². The Morgan fingerprint density at radius 2 is 2.17 bits per heavy atom. The molecular formula is C13H18N4O. The van der Waals surface area contributed by atoms with Crippen LogP contribution in [0.2, 0.25) is 0 Å². The van der Waals surface area contributed by atoms with Gasteiger partial charge in [-0.2, -0.15) is 0 Å². The van der Waals surface area contributed by atoms with Crippen LogP contribution in [-0.4, -0.2) is 36.7 Å². The summed E-state index contributed by atoms with van der Waals surface area (Å²) in [5.74, 6) is 0. The van der Waals surface area contributed by atoms with E-state index in [-0.39, 0.29) is 12.1 Å². The van der Waals surface area contributed by atoms with E-state index in [9.17, 15) is 0 Å². The Bertz CT molecular complexity index is 416. The molecule has 5 heteroatoms. The first-order valence-corrected chi connectivity index (χ1v) is 6.25. The maximum absolute atomic E-state index is 8.57. The Hall–Kier alpha value is -1.55. The van der Waals surface area contributed by atoms with Gasteiger partial charge in [-0.3, -0.25) is 4.90 Å². The number of likely N-dealkylation sites (tertiary alicyclic amines) is 1. The van der Waals surface area contributed by atoms with Gasteiger partial charge in [0.15, 0.2) is 0 Å². The molecule has 1 aromatic rings. The number of azide groups is 1. The average molecular weight is 246 g/mol. The molecule has 2 rings (SSSR count). The fraction of sp³-hybridized carbons (Fsp3) is 0.538. The zero-order chi connectivity index (χ0) is 12.8. The van der Waals surface area contributed by atoms with Crippen LogP contribution in [0, 0.1) is 0 Å². The fourth-order valence-electron chi connectivity index (χ4n) is 2.36. The van der Waals surface area contributed by atoms with Crippen molar-refractivity contribution in [3.05, 3.63) is 46.3 Å². The first-order valence-electron chi connectivity index (χ1n) is 6.25. The molecule has 1 aromatic carbocycles. The molecular weight excluding hydrogens is 228 g/mol. The summed E-state index contributed by atoms with van der Waals surface area (Å²) < 4.78 is 5.63. The van der Waals surface area contributed by atoms with Crippen molar-refractivity contribution < 1.29 is 4.74 Å². The molecule has 0 bridgehead atoms. The van der Waals surface area contributed by atoms with Crippen molar-refractivity contribution in [2.75, 3.05) is 19.7 Å². The van der Waals surface area contributed by atoms with Crippen molar-refractivity contribution in [3.8, 4) is 0 Å². The Labute approximate surface area is 107 Å². The predicted molar refractivity (Wildman–Crippen MR) is 70.1 cm³/mol. The molecule has 1 saturated heterocycles. The van der Waals surface area contributed by atoms with Gasteiger partial charge in [0.1, 0.15) is 0 Å². The maximum atomic E-state index is 8.57. The van der Waals surface area contributed by atoms with E-state index in [2.05, 4.69) is 27.1 Å². The van der Waals surface area contributed by atoms with Gasteiger partial charge in [0.05, 0.1) is 12.1 Å². The smallest absolute Gasteiger partial charge is 0.0798 e. The molecule has 1 heterocycles. The summed E-state index contributed by atoms with van der Waals surface area (Å²) in [6.07, 6.45) is 0.0228. The molecule has 0 aromatic heterocycles. The van der Waals surface area contributed by atoms with Crippen LogP contribution in [0.15, 0.2) is 35.4 Å². The highest BCUT2D eigenvalue weighted by atomic mass is 16.5. The van der Waals surface area contributed by atoms with Crippen LogP contribution in [0.25, 0.3) is 10.4 Å². The first kappa shape index (κ1) is 12.9. The molecule has 0 saturated carbocycles. The maximum Gasteiger partial charge on any atom is 0.0798 e.